The molecule has 4 heteroatoms. The molecule has 0 saturated carbocycles. The van der Waals surface area contributed by atoms with Crippen molar-refractivity contribution in [1.82, 2.24) is 4.98 Å². The Hall–Kier alpha value is -1.13. The lowest BCUT2D eigenvalue weighted by Crippen LogP contribution is -2.37. The number of nitrogens with zero attached hydrogens (tertiary/aromatic N) is 2. The molecule has 0 spiro atoms. The van der Waals surface area contributed by atoms with Crippen LogP contribution in [0.5, 0.6) is 0 Å². The van der Waals surface area contributed by atoms with Gasteiger partial charge >= 0.3 is 0 Å². The molecule has 1 aliphatic rings. The summed E-state index contributed by atoms with van der Waals surface area (Å²) in [5.41, 5.74) is 8.16. The first-order chi connectivity index (χ1) is 9.24. The molecule has 1 atom stereocenters. The second-order valence-corrected chi connectivity index (χ2v) is 5.10. The summed E-state index contributed by atoms with van der Waals surface area (Å²) in [6.07, 6.45) is 5.51. The fraction of sp³-hybridized carbons (Fsp3) is 0.667. The lowest BCUT2D eigenvalue weighted by molar-refractivity contribution is 0.0459. The normalized spacial score (nSPS) is 18.6. The molecule has 4 nitrogen and oxygen atoms in total. The van der Waals surface area contributed by atoms with E-state index in [9.17, 15) is 0 Å². The van der Waals surface area contributed by atoms with Crippen LogP contribution in [0.3, 0.4) is 0 Å². The summed E-state index contributed by atoms with van der Waals surface area (Å²) in [4.78, 5) is 6.86. The minimum Gasteiger partial charge on any atom is -0.378 e. The van der Waals surface area contributed by atoms with Crippen LogP contribution in [-0.2, 0) is 4.74 Å². The lowest BCUT2D eigenvalue weighted by atomic mass is 10.1. The molecule has 2 rings (SSSR count). The second-order valence-electron chi connectivity index (χ2n) is 5.10. The molecule has 1 aliphatic heterocycles. The van der Waals surface area contributed by atoms with Gasteiger partial charge in [0.15, 0.2) is 0 Å². The Bertz CT molecular complexity index is 371. The van der Waals surface area contributed by atoms with Gasteiger partial charge in [-0.1, -0.05) is 6.92 Å². The van der Waals surface area contributed by atoms with Crippen molar-refractivity contribution in [2.24, 2.45) is 5.73 Å². The van der Waals surface area contributed by atoms with Crippen LogP contribution in [0.2, 0.25) is 0 Å². The van der Waals surface area contributed by atoms with E-state index in [-0.39, 0.29) is 6.04 Å². The predicted octanol–water partition coefficient (Wildman–Crippen LogP) is 2.50. The number of hydrogen-bond acceptors (Lipinski definition) is 4. The Morgan fingerprint density at radius 1 is 1.37 bits per heavy atom. The highest BCUT2D eigenvalue weighted by Gasteiger charge is 2.19. The fourth-order valence-electron chi connectivity index (χ4n) is 2.53. The van der Waals surface area contributed by atoms with Crippen molar-refractivity contribution >= 4 is 5.69 Å². The maximum Gasteiger partial charge on any atom is 0.0608 e. The third-order valence-corrected chi connectivity index (χ3v) is 3.80. The molecule has 1 aromatic heterocycles. The molecule has 2 heterocycles. The van der Waals surface area contributed by atoms with Crippen LogP contribution >= 0.6 is 0 Å². The molecule has 0 bridgehead atoms. The molecule has 2 N–H and O–H groups in total. The zero-order valence-corrected chi connectivity index (χ0v) is 12.0. The molecular formula is C15H25N3O. The van der Waals surface area contributed by atoms with Gasteiger partial charge in [0.25, 0.3) is 0 Å². The SMILES string of the molecule is CCOC1CCN(c2ccc([C@H](N)CC)nc2)CC1. The van der Waals surface area contributed by atoms with Crippen molar-refractivity contribution in [3.8, 4) is 0 Å². The number of anilines is 1. The van der Waals surface area contributed by atoms with E-state index in [1.54, 1.807) is 0 Å². The van der Waals surface area contributed by atoms with E-state index in [4.69, 9.17) is 10.5 Å². The van der Waals surface area contributed by atoms with Gasteiger partial charge in [-0.25, -0.2) is 0 Å². The van der Waals surface area contributed by atoms with Crippen LogP contribution in [0.1, 0.15) is 44.8 Å². The topological polar surface area (TPSA) is 51.4 Å². The van der Waals surface area contributed by atoms with Crippen molar-refractivity contribution in [1.29, 1.82) is 0 Å². The van der Waals surface area contributed by atoms with Gasteiger partial charge in [-0.05, 0) is 38.3 Å². The first-order valence-electron chi connectivity index (χ1n) is 7.32. The third kappa shape index (κ3) is 3.67. The molecule has 1 aromatic rings. The Balaban J connectivity index is 1.92. The van der Waals surface area contributed by atoms with Gasteiger partial charge in [0, 0.05) is 25.7 Å². The third-order valence-electron chi connectivity index (χ3n) is 3.80. The van der Waals surface area contributed by atoms with Gasteiger partial charge in [-0.2, -0.15) is 0 Å². The number of pyridine rings is 1. The van der Waals surface area contributed by atoms with Gasteiger partial charge < -0.3 is 15.4 Å². The number of nitrogens with two attached hydrogens (primary N) is 1. The number of hydrogen-bond donors (Lipinski definition) is 1. The van der Waals surface area contributed by atoms with E-state index in [2.05, 4.69) is 35.9 Å². The number of rotatable bonds is 5. The molecule has 0 aliphatic carbocycles. The van der Waals surface area contributed by atoms with Crippen molar-refractivity contribution in [3.05, 3.63) is 24.0 Å². The minimum absolute atomic E-state index is 0.0535. The van der Waals surface area contributed by atoms with E-state index in [0.29, 0.717) is 6.10 Å². The maximum atomic E-state index is 5.98. The highest BCUT2D eigenvalue weighted by atomic mass is 16.5. The average molecular weight is 263 g/mol. The Morgan fingerprint density at radius 2 is 2.11 bits per heavy atom. The van der Waals surface area contributed by atoms with Crippen LogP contribution in [0.15, 0.2) is 18.3 Å². The van der Waals surface area contributed by atoms with E-state index in [0.717, 1.165) is 44.7 Å². The maximum absolute atomic E-state index is 5.98. The Morgan fingerprint density at radius 3 is 2.63 bits per heavy atom. The van der Waals surface area contributed by atoms with Crippen molar-refractivity contribution in [2.45, 2.75) is 45.3 Å². The molecule has 0 unspecified atom stereocenters. The first kappa shape index (κ1) is 14.3. The number of piperidine rings is 1. The molecule has 1 fully saturated rings. The summed E-state index contributed by atoms with van der Waals surface area (Å²) in [5.74, 6) is 0. The molecule has 19 heavy (non-hydrogen) atoms. The standard InChI is InChI=1S/C15H25N3O/c1-3-14(16)15-6-5-12(11-17-15)18-9-7-13(8-10-18)19-4-2/h5-6,11,13-14H,3-4,7-10,16H2,1-2H3/t14-/m1/s1. The fourth-order valence-corrected chi connectivity index (χ4v) is 2.53. The molecule has 0 aromatic carbocycles. The summed E-state index contributed by atoms with van der Waals surface area (Å²) in [7, 11) is 0. The van der Waals surface area contributed by atoms with Crippen LogP contribution in [0.25, 0.3) is 0 Å². The van der Waals surface area contributed by atoms with E-state index < -0.39 is 0 Å². The van der Waals surface area contributed by atoms with Crippen LogP contribution < -0.4 is 10.6 Å². The number of aromatic nitrogens is 1. The predicted molar refractivity (Wildman–Crippen MR) is 78.3 cm³/mol. The van der Waals surface area contributed by atoms with Crippen molar-refractivity contribution in [2.75, 3.05) is 24.6 Å². The first-order valence-corrected chi connectivity index (χ1v) is 7.32. The molecule has 1 saturated heterocycles. The highest BCUT2D eigenvalue weighted by Crippen LogP contribution is 2.22. The highest BCUT2D eigenvalue weighted by molar-refractivity contribution is 5.45. The molecule has 0 radical (unpaired) electrons. The summed E-state index contributed by atoms with van der Waals surface area (Å²) < 4.78 is 5.67. The lowest BCUT2D eigenvalue weighted by Gasteiger charge is -2.33. The van der Waals surface area contributed by atoms with Gasteiger partial charge in [0.2, 0.25) is 0 Å². The van der Waals surface area contributed by atoms with Crippen molar-refractivity contribution in [3.63, 3.8) is 0 Å². The zero-order valence-electron chi connectivity index (χ0n) is 12.0. The Labute approximate surface area is 116 Å². The van der Waals surface area contributed by atoms with Crippen LogP contribution in [0.4, 0.5) is 5.69 Å². The van der Waals surface area contributed by atoms with Crippen LogP contribution in [-0.4, -0.2) is 30.8 Å². The van der Waals surface area contributed by atoms with Gasteiger partial charge in [0.1, 0.15) is 0 Å². The van der Waals surface area contributed by atoms with Gasteiger partial charge in [-0.15, -0.1) is 0 Å². The van der Waals surface area contributed by atoms with Gasteiger partial charge in [-0.3, -0.25) is 4.98 Å². The van der Waals surface area contributed by atoms with E-state index in [1.807, 2.05) is 6.20 Å². The van der Waals surface area contributed by atoms with Crippen LogP contribution in [0, 0.1) is 0 Å². The zero-order chi connectivity index (χ0) is 13.7. The smallest absolute Gasteiger partial charge is 0.0608 e. The van der Waals surface area contributed by atoms with E-state index in [1.165, 1.54) is 5.69 Å². The molecule has 0 amide bonds. The number of ether oxygens (including phenoxy) is 1. The minimum atomic E-state index is 0.0535. The van der Waals surface area contributed by atoms with Crippen molar-refractivity contribution < 1.29 is 4.74 Å². The average Bonchev–Trinajstić information content (AvgIpc) is 2.48. The monoisotopic (exact) mass is 263 g/mol. The summed E-state index contributed by atoms with van der Waals surface area (Å²) in [6.45, 7) is 7.05. The summed E-state index contributed by atoms with van der Waals surface area (Å²) >= 11 is 0. The molecule has 106 valence electrons. The molecular weight excluding hydrogens is 238 g/mol. The van der Waals surface area contributed by atoms with Gasteiger partial charge in [0.05, 0.1) is 23.7 Å². The summed E-state index contributed by atoms with van der Waals surface area (Å²) in [6, 6.07) is 4.24. The largest absolute Gasteiger partial charge is 0.378 e. The van der Waals surface area contributed by atoms with E-state index >= 15 is 0 Å². The second kappa shape index (κ2) is 6.87. The summed E-state index contributed by atoms with van der Waals surface area (Å²) in [5, 5.41) is 0. The quantitative estimate of drug-likeness (QED) is 0.887. The Kier molecular flexibility index (Phi) is 5.16.